The second kappa shape index (κ2) is 8.05. The van der Waals surface area contributed by atoms with Gasteiger partial charge in [-0.25, -0.2) is 0 Å². The molecule has 148 valence electrons. The zero-order chi connectivity index (χ0) is 20.4. The van der Waals surface area contributed by atoms with Gasteiger partial charge in [0.05, 0.1) is 17.8 Å². The number of thiocarbonyl (C=S) groups is 1. The molecule has 0 unspecified atom stereocenters. The molecule has 7 heteroatoms. The first-order chi connectivity index (χ1) is 14.0. The molecule has 3 aromatic rings. The summed E-state index contributed by atoms with van der Waals surface area (Å²) >= 11 is 5.63. The second-order valence-corrected chi connectivity index (χ2v) is 7.51. The molecule has 1 aliphatic heterocycles. The first-order valence-corrected chi connectivity index (χ1v) is 9.90. The first-order valence-electron chi connectivity index (χ1n) is 9.50. The average molecular weight is 406 g/mol. The number of hydrogen-bond acceptors (Lipinski definition) is 3. The van der Waals surface area contributed by atoms with Crippen molar-refractivity contribution in [2.75, 3.05) is 11.9 Å². The summed E-state index contributed by atoms with van der Waals surface area (Å²) in [6, 6.07) is 19.2. The number of pyridine rings is 1. The molecule has 29 heavy (non-hydrogen) atoms. The Balaban J connectivity index is 1.64. The number of nitrogens with zero attached hydrogens (tertiary/aromatic N) is 3. The van der Waals surface area contributed by atoms with Crippen LogP contribution in [0.5, 0.6) is 0 Å². The molecule has 0 bridgehead atoms. The molecule has 6 nitrogen and oxygen atoms in total. The van der Waals surface area contributed by atoms with Crippen molar-refractivity contribution in [3.8, 4) is 0 Å². The van der Waals surface area contributed by atoms with Gasteiger partial charge in [-0.15, -0.1) is 0 Å². The fraction of sp³-hybridized carbons (Fsp3) is 0.227. The van der Waals surface area contributed by atoms with E-state index in [1.165, 1.54) is 0 Å². The summed E-state index contributed by atoms with van der Waals surface area (Å²) < 4.78 is 2.14. The fourth-order valence-corrected chi connectivity index (χ4v) is 4.01. The van der Waals surface area contributed by atoms with Crippen molar-refractivity contribution in [2.45, 2.75) is 19.0 Å². The number of aryl methyl sites for hydroxylation is 1. The molecule has 2 aromatic heterocycles. The summed E-state index contributed by atoms with van der Waals surface area (Å²) in [5.74, 6) is -0.113. The molecular weight excluding hydrogens is 382 g/mol. The number of amides is 1. The van der Waals surface area contributed by atoms with Crippen molar-refractivity contribution in [1.29, 1.82) is 0 Å². The summed E-state index contributed by atoms with van der Waals surface area (Å²) in [5, 5.41) is 6.87. The number of anilines is 1. The number of carbonyl (C=O) groups is 1. The number of rotatable bonds is 5. The van der Waals surface area contributed by atoms with Crippen LogP contribution in [0.15, 0.2) is 66.9 Å². The van der Waals surface area contributed by atoms with E-state index in [4.69, 9.17) is 12.2 Å². The molecule has 1 aliphatic rings. The second-order valence-electron chi connectivity index (χ2n) is 7.13. The summed E-state index contributed by atoms with van der Waals surface area (Å²) in [5.41, 5.74) is 3.89. The van der Waals surface area contributed by atoms with E-state index in [-0.39, 0.29) is 24.5 Å². The Bertz CT molecular complexity index is 1020. The molecule has 0 aliphatic carbocycles. The monoisotopic (exact) mass is 405 g/mol. The summed E-state index contributed by atoms with van der Waals surface area (Å²) in [4.78, 5) is 19.2. The van der Waals surface area contributed by atoms with Crippen molar-refractivity contribution < 1.29 is 4.79 Å². The Hall–Kier alpha value is -3.19. The van der Waals surface area contributed by atoms with E-state index >= 15 is 0 Å². The molecule has 2 atom stereocenters. The standard InChI is InChI=1S/C22H23N5OS/c1-15-11-12-18(26(15)2)21-20(17-10-6-7-13-23-17)25-22(29)27(21)14-19(28)24-16-8-4-3-5-9-16/h3-13,20-21H,14H2,1-2H3,(H,24,28)(H,25,29)/t20-,21+/m0/s1. The highest BCUT2D eigenvalue weighted by atomic mass is 32.1. The predicted octanol–water partition coefficient (Wildman–Crippen LogP) is 3.34. The van der Waals surface area contributed by atoms with Gasteiger partial charge >= 0.3 is 0 Å². The summed E-state index contributed by atoms with van der Waals surface area (Å²) in [6.45, 7) is 2.21. The van der Waals surface area contributed by atoms with E-state index in [1.807, 2.05) is 60.5 Å². The number of benzene rings is 1. The molecule has 0 saturated carbocycles. The summed E-state index contributed by atoms with van der Waals surface area (Å²) in [7, 11) is 2.03. The van der Waals surface area contributed by atoms with Crippen molar-refractivity contribution in [1.82, 2.24) is 19.8 Å². The van der Waals surface area contributed by atoms with E-state index in [9.17, 15) is 4.79 Å². The van der Waals surface area contributed by atoms with Gasteiger partial charge in [0.15, 0.2) is 5.11 Å². The molecule has 1 saturated heterocycles. The zero-order valence-corrected chi connectivity index (χ0v) is 17.2. The smallest absolute Gasteiger partial charge is 0.244 e. The van der Waals surface area contributed by atoms with Gasteiger partial charge in [-0.1, -0.05) is 24.3 Å². The van der Waals surface area contributed by atoms with Crippen LogP contribution in [0, 0.1) is 6.92 Å². The predicted molar refractivity (Wildman–Crippen MR) is 117 cm³/mol. The van der Waals surface area contributed by atoms with Crippen LogP contribution >= 0.6 is 12.2 Å². The van der Waals surface area contributed by atoms with Gasteiger partial charge in [-0.3, -0.25) is 9.78 Å². The van der Waals surface area contributed by atoms with Gasteiger partial charge in [0.1, 0.15) is 6.54 Å². The van der Waals surface area contributed by atoms with Crippen molar-refractivity contribution in [3.05, 3.63) is 83.9 Å². The third-order valence-corrected chi connectivity index (χ3v) is 5.64. The number of para-hydroxylation sites is 1. The van der Waals surface area contributed by atoms with Crippen LogP contribution in [0.2, 0.25) is 0 Å². The highest BCUT2D eigenvalue weighted by Crippen LogP contribution is 2.38. The maximum absolute atomic E-state index is 12.8. The third kappa shape index (κ3) is 3.86. The zero-order valence-electron chi connectivity index (χ0n) is 16.4. The Morgan fingerprint density at radius 3 is 2.55 bits per heavy atom. The van der Waals surface area contributed by atoms with E-state index in [0.717, 1.165) is 22.8 Å². The minimum Gasteiger partial charge on any atom is -0.352 e. The lowest BCUT2D eigenvalue weighted by Crippen LogP contribution is -2.37. The summed E-state index contributed by atoms with van der Waals surface area (Å²) in [6.07, 6.45) is 1.78. The van der Waals surface area contributed by atoms with Gasteiger partial charge in [0.25, 0.3) is 0 Å². The van der Waals surface area contributed by atoms with Gasteiger partial charge in [-0.2, -0.15) is 0 Å². The van der Waals surface area contributed by atoms with Gasteiger partial charge in [-0.05, 0) is 55.5 Å². The van der Waals surface area contributed by atoms with E-state index in [1.54, 1.807) is 6.20 Å². The van der Waals surface area contributed by atoms with Crippen LogP contribution in [0.4, 0.5) is 5.69 Å². The SMILES string of the molecule is Cc1ccc([C@@H]2[C@H](c3ccccn3)NC(=S)N2CC(=O)Nc2ccccc2)n1C. The molecule has 0 radical (unpaired) electrons. The number of carbonyl (C=O) groups excluding carboxylic acids is 1. The van der Waals surface area contributed by atoms with Crippen molar-refractivity contribution in [2.24, 2.45) is 7.05 Å². The Morgan fingerprint density at radius 2 is 1.90 bits per heavy atom. The lowest BCUT2D eigenvalue weighted by atomic mass is 10.0. The van der Waals surface area contributed by atoms with Crippen LogP contribution in [-0.4, -0.2) is 32.0 Å². The van der Waals surface area contributed by atoms with E-state index < -0.39 is 0 Å². The molecule has 3 heterocycles. The Morgan fingerprint density at radius 1 is 1.14 bits per heavy atom. The fourth-order valence-electron chi connectivity index (χ4n) is 3.70. The lowest BCUT2D eigenvalue weighted by Gasteiger charge is -2.28. The molecule has 4 rings (SSSR count). The average Bonchev–Trinajstić information content (AvgIpc) is 3.22. The minimum absolute atomic E-state index is 0.113. The van der Waals surface area contributed by atoms with Gasteiger partial charge < -0.3 is 20.1 Å². The van der Waals surface area contributed by atoms with E-state index in [0.29, 0.717) is 5.11 Å². The third-order valence-electron chi connectivity index (χ3n) is 5.28. The number of nitrogens with one attached hydrogen (secondary N) is 2. The normalized spacial score (nSPS) is 18.6. The number of aromatic nitrogens is 2. The molecule has 1 fully saturated rings. The van der Waals surface area contributed by atoms with Crippen LogP contribution in [0.1, 0.15) is 29.2 Å². The van der Waals surface area contributed by atoms with Gasteiger partial charge in [0.2, 0.25) is 5.91 Å². The van der Waals surface area contributed by atoms with Crippen molar-refractivity contribution in [3.63, 3.8) is 0 Å². The number of hydrogen-bond donors (Lipinski definition) is 2. The van der Waals surface area contributed by atoms with Crippen LogP contribution in [0.3, 0.4) is 0 Å². The molecule has 1 aromatic carbocycles. The molecule has 0 spiro atoms. The minimum atomic E-state index is -0.141. The maximum atomic E-state index is 12.8. The van der Waals surface area contributed by atoms with Gasteiger partial charge in [0, 0.05) is 30.3 Å². The van der Waals surface area contributed by atoms with Crippen LogP contribution in [0.25, 0.3) is 0 Å². The van der Waals surface area contributed by atoms with Crippen LogP contribution in [-0.2, 0) is 11.8 Å². The lowest BCUT2D eigenvalue weighted by molar-refractivity contribution is -0.116. The van der Waals surface area contributed by atoms with E-state index in [2.05, 4.69) is 39.2 Å². The molecule has 1 amide bonds. The topological polar surface area (TPSA) is 62.2 Å². The van der Waals surface area contributed by atoms with Crippen LogP contribution < -0.4 is 10.6 Å². The quantitative estimate of drug-likeness (QED) is 0.638. The molecular formula is C22H23N5OS. The molecule has 2 N–H and O–H groups in total. The highest BCUT2D eigenvalue weighted by Gasteiger charge is 2.41. The van der Waals surface area contributed by atoms with Crippen molar-refractivity contribution >= 4 is 28.9 Å². The highest BCUT2D eigenvalue weighted by molar-refractivity contribution is 7.80. The maximum Gasteiger partial charge on any atom is 0.244 e. The largest absolute Gasteiger partial charge is 0.352 e. The Labute approximate surface area is 175 Å². The Kier molecular flexibility index (Phi) is 5.31. The first kappa shape index (κ1) is 19.1.